The Morgan fingerprint density at radius 3 is 2.45 bits per heavy atom. The van der Waals surface area contributed by atoms with Crippen LogP contribution in [0, 0.1) is 10.1 Å². The molecule has 0 radical (unpaired) electrons. The van der Waals surface area contributed by atoms with Crippen molar-refractivity contribution in [1.29, 1.82) is 0 Å². The van der Waals surface area contributed by atoms with Crippen molar-refractivity contribution in [2.45, 2.75) is 19.5 Å². The Hall–Kier alpha value is -5.32. The molecule has 0 atom stereocenters. The first-order chi connectivity index (χ1) is 18.5. The number of nitrogens with zero attached hydrogens (tertiary/aromatic N) is 5. The number of carbonyl (C=O) groups excluding carboxylic acids is 1. The zero-order valence-corrected chi connectivity index (χ0v) is 20.2. The van der Waals surface area contributed by atoms with E-state index in [0.29, 0.717) is 30.3 Å². The second-order valence-electron chi connectivity index (χ2n) is 8.50. The third-order valence-corrected chi connectivity index (χ3v) is 5.87. The van der Waals surface area contributed by atoms with Crippen molar-refractivity contribution in [3.8, 4) is 0 Å². The summed E-state index contributed by atoms with van der Waals surface area (Å²) >= 11 is 0. The predicted octanol–water partition coefficient (Wildman–Crippen LogP) is 5.23. The third-order valence-electron chi connectivity index (χ3n) is 5.87. The van der Waals surface area contributed by atoms with Crippen molar-refractivity contribution in [3.05, 3.63) is 113 Å². The highest BCUT2D eigenvalue weighted by Crippen LogP contribution is 2.21. The summed E-state index contributed by atoms with van der Waals surface area (Å²) in [7, 11) is 0. The maximum Gasteiger partial charge on any atom is 0.323 e. The van der Waals surface area contributed by atoms with E-state index in [4.69, 9.17) is 0 Å². The molecule has 190 valence electrons. The van der Waals surface area contributed by atoms with Gasteiger partial charge in [-0.1, -0.05) is 42.5 Å². The average Bonchev–Trinajstić information content (AvgIpc) is 3.35. The van der Waals surface area contributed by atoms with Gasteiger partial charge < -0.3 is 16.0 Å². The number of nitrogens with one attached hydrogen (secondary N) is 3. The van der Waals surface area contributed by atoms with Crippen molar-refractivity contribution in [3.63, 3.8) is 0 Å². The molecule has 0 fully saturated rings. The van der Waals surface area contributed by atoms with Crippen LogP contribution in [0.15, 0.2) is 91.4 Å². The number of nitro groups is 1. The molecule has 38 heavy (non-hydrogen) atoms. The number of benzene rings is 3. The van der Waals surface area contributed by atoms with E-state index in [1.165, 1.54) is 36.2 Å². The van der Waals surface area contributed by atoms with E-state index in [1.807, 2.05) is 41.1 Å². The molecule has 5 aromatic rings. The molecular weight excluding hydrogens is 484 g/mol. The SMILES string of the molecule is O=C(Nc1ccc([N+](=O)[O-])cc1)Nc1cccc(CNc2ncnc3c2cnn3CCc2ccccc2)c1. The molecule has 0 bridgehead atoms. The lowest BCUT2D eigenvalue weighted by molar-refractivity contribution is -0.384. The maximum atomic E-state index is 12.4. The summed E-state index contributed by atoms with van der Waals surface area (Å²) in [6.45, 7) is 1.18. The van der Waals surface area contributed by atoms with Crippen LogP contribution in [0.5, 0.6) is 0 Å². The summed E-state index contributed by atoms with van der Waals surface area (Å²) < 4.78 is 1.88. The van der Waals surface area contributed by atoms with Crippen LogP contribution in [0.25, 0.3) is 11.0 Å². The molecule has 0 aliphatic heterocycles. The summed E-state index contributed by atoms with van der Waals surface area (Å²) in [5.74, 6) is 0.676. The van der Waals surface area contributed by atoms with Crippen molar-refractivity contribution in [2.24, 2.45) is 0 Å². The fourth-order valence-electron chi connectivity index (χ4n) is 3.98. The minimum atomic E-state index is -0.492. The van der Waals surface area contributed by atoms with Crippen molar-refractivity contribution < 1.29 is 9.72 Å². The molecule has 5 rings (SSSR count). The molecule has 0 aliphatic carbocycles. The number of carbonyl (C=O) groups is 1. The topological polar surface area (TPSA) is 140 Å². The number of amides is 2. The molecule has 0 unspecified atom stereocenters. The lowest BCUT2D eigenvalue weighted by Crippen LogP contribution is -2.19. The standard InChI is InChI=1S/C27H24N8O3/c36-27(32-21-9-11-23(12-10-21)35(37)38)33-22-8-4-7-20(15-22)16-28-25-24-17-31-34(26(24)30-18-29-25)14-13-19-5-2-1-3-6-19/h1-12,15,17-18H,13-14,16H2,(H,28,29,30)(H2,32,33,36). The van der Waals surface area contributed by atoms with E-state index in [9.17, 15) is 14.9 Å². The second kappa shape index (κ2) is 11.2. The highest BCUT2D eigenvalue weighted by molar-refractivity contribution is 5.99. The Bertz CT molecular complexity index is 1570. The lowest BCUT2D eigenvalue weighted by atomic mass is 10.1. The summed E-state index contributed by atoms with van der Waals surface area (Å²) in [5, 5.41) is 24.9. The Kier molecular flexibility index (Phi) is 7.16. The highest BCUT2D eigenvalue weighted by atomic mass is 16.6. The minimum absolute atomic E-state index is 0.0448. The van der Waals surface area contributed by atoms with Gasteiger partial charge in [0.1, 0.15) is 12.1 Å². The zero-order valence-electron chi connectivity index (χ0n) is 20.2. The smallest absolute Gasteiger partial charge is 0.323 e. The van der Waals surface area contributed by atoms with Crippen molar-refractivity contribution in [2.75, 3.05) is 16.0 Å². The molecule has 2 aromatic heterocycles. The van der Waals surface area contributed by atoms with E-state index in [1.54, 1.807) is 12.3 Å². The molecule has 0 saturated carbocycles. The quantitative estimate of drug-likeness (QED) is 0.183. The van der Waals surface area contributed by atoms with Gasteiger partial charge in [0.25, 0.3) is 5.69 Å². The van der Waals surface area contributed by atoms with Gasteiger partial charge in [0, 0.05) is 36.6 Å². The van der Waals surface area contributed by atoms with Gasteiger partial charge in [0.2, 0.25) is 0 Å². The number of non-ortho nitro benzene ring substituents is 1. The molecule has 11 nitrogen and oxygen atoms in total. The van der Waals surface area contributed by atoms with Crippen LogP contribution in [-0.2, 0) is 19.5 Å². The summed E-state index contributed by atoms with van der Waals surface area (Å²) in [6.07, 6.45) is 4.14. The van der Waals surface area contributed by atoms with Gasteiger partial charge in [0.05, 0.1) is 16.5 Å². The van der Waals surface area contributed by atoms with Crippen LogP contribution in [0.2, 0.25) is 0 Å². The number of fused-ring (bicyclic) bond motifs is 1. The Balaban J connectivity index is 1.20. The molecular formula is C27H24N8O3. The largest absolute Gasteiger partial charge is 0.365 e. The number of anilines is 3. The van der Waals surface area contributed by atoms with E-state index in [-0.39, 0.29) is 5.69 Å². The maximum absolute atomic E-state index is 12.4. The van der Waals surface area contributed by atoms with E-state index >= 15 is 0 Å². The van der Waals surface area contributed by atoms with Gasteiger partial charge in [-0.25, -0.2) is 19.4 Å². The molecule has 11 heteroatoms. The minimum Gasteiger partial charge on any atom is -0.365 e. The zero-order chi connectivity index (χ0) is 26.3. The molecule has 0 aliphatic rings. The van der Waals surface area contributed by atoms with Gasteiger partial charge in [-0.2, -0.15) is 5.10 Å². The molecule has 2 amide bonds. The van der Waals surface area contributed by atoms with E-state index < -0.39 is 11.0 Å². The van der Waals surface area contributed by atoms with E-state index in [2.05, 4.69) is 43.1 Å². The predicted molar refractivity (Wildman–Crippen MR) is 145 cm³/mol. The van der Waals surface area contributed by atoms with Crippen LogP contribution >= 0.6 is 0 Å². The number of aryl methyl sites for hydroxylation is 2. The highest BCUT2D eigenvalue weighted by Gasteiger charge is 2.11. The Labute approximate surface area is 217 Å². The molecule has 0 saturated heterocycles. The van der Waals surface area contributed by atoms with Crippen LogP contribution in [0.1, 0.15) is 11.1 Å². The van der Waals surface area contributed by atoms with Crippen molar-refractivity contribution in [1.82, 2.24) is 19.7 Å². The number of aromatic nitrogens is 4. The number of hydrogen-bond donors (Lipinski definition) is 3. The first-order valence-corrected chi connectivity index (χ1v) is 11.9. The third kappa shape index (κ3) is 5.90. The number of nitro benzene ring substituents is 1. The van der Waals surface area contributed by atoms with Crippen LogP contribution in [0.4, 0.5) is 27.7 Å². The lowest BCUT2D eigenvalue weighted by Gasteiger charge is -2.10. The number of hydrogen-bond acceptors (Lipinski definition) is 7. The normalized spacial score (nSPS) is 10.7. The Morgan fingerprint density at radius 1 is 0.895 bits per heavy atom. The molecule has 3 aromatic carbocycles. The first-order valence-electron chi connectivity index (χ1n) is 11.9. The summed E-state index contributed by atoms with van der Waals surface area (Å²) in [5.41, 5.74) is 3.93. The van der Waals surface area contributed by atoms with Crippen LogP contribution in [0.3, 0.4) is 0 Å². The van der Waals surface area contributed by atoms with Crippen molar-refractivity contribution >= 4 is 39.9 Å². The van der Waals surface area contributed by atoms with E-state index in [0.717, 1.165) is 23.0 Å². The van der Waals surface area contributed by atoms with Gasteiger partial charge in [-0.05, 0) is 41.8 Å². The summed E-state index contributed by atoms with van der Waals surface area (Å²) in [6, 6.07) is 22.8. The first kappa shape index (κ1) is 24.4. The molecule has 2 heterocycles. The fraction of sp³-hybridized carbons (Fsp3) is 0.111. The number of urea groups is 1. The van der Waals surface area contributed by atoms with Gasteiger partial charge >= 0.3 is 6.03 Å². The second-order valence-corrected chi connectivity index (χ2v) is 8.50. The molecule has 0 spiro atoms. The summed E-state index contributed by atoms with van der Waals surface area (Å²) in [4.78, 5) is 31.5. The number of rotatable bonds is 9. The monoisotopic (exact) mass is 508 g/mol. The van der Waals surface area contributed by atoms with Crippen LogP contribution < -0.4 is 16.0 Å². The fourth-order valence-corrected chi connectivity index (χ4v) is 3.98. The average molecular weight is 509 g/mol. The van der Waals surface area contributed by atoms with Gasteiger partial charge in [-0.15, -0.1) is 0 Å². The Morgan fingerprint density at radius 2 is 1.66 bits per heavy atom. The van der Waals surface area contributed by atoms with Gasteiger partial charge in [0.15, 0.2) is 5.65 Å². The molecule has 3 N–H and O–H groups in total. The van der Waals surface area contributed by atoms with Crippen LogP contribution in [-0.4, -0.2) is 30.7 Å². The van der Waals surface area contributed by atoms with Gasteiger partial charge in [-0.3, -0.25) is 10.1 Å².